The molecule has 1 saturated carbocycles. The number of hydrogen-bond donors (Lipinski definition) is 0. The topological polar surface area (TPSA) is 40.9 Å². The number of carbonyl (C=O) groups is 1. The van der Waals surface area contributed by atoms with Gasteiger partial charge in [0.2, 0.25) is 0 Å². The van der Waals surface area contributed by atoms with Crippen molar-refractivity contribution in [2.24, 2.45) is 0 Å². The number of carbonyl (C=O) groups excluding carboxylic acids is 1. The van der Waals surface area contributed by atoms with Gasteiger partial charge in [-0.2, -0.15) is 5.26 Å². The lowest BCUT2D eigenvalue weighted by atomic mass is 9.93. The Bertz CT molecular complexity index is 385. The molecule has 0 atom stereocenters. The Hall–Kier alpha value is -1.62. The van der Waals surface area contributed by atoms with Crippen molar-refractivity contribution in [2.45, 2.75) is 18.3 Å². The van der Waals surface area contributed by atoms with E-state index >= 15 is 0 Å². The highest BCUT2D eigenvalue weighted by Crippen LogP contribution is 2.48. The average Bonchev–Trinajstić information content (AvgIpc) is 2.98. The summed E-state index contributed by atoms with van der Waals surface area (Å²) in [5.41, 5.74) is 1.20. The van der Waals surface area contributed by atoms with Gasteiger partial charge in [0.05, 0.1) is 11.5 Å². The van der Waals surface area contributed by atoms with E-state index in [1.807, 2.05) is 18.2 Å². The van der Waals surface area contributed by atoms with Crippen molar-refractivity contribution in [1.29, 1.82) is 5.26 Å². The van der Waals surface area contributed by atoms with Crippen molar-refractivity contribution in [1.82, 2.24) is 0 Å². The molecule has 0 saturated heterocycles. The first-order chi connectivity index (χ1) is 6.32. The van der Waals surface area contributed by atoms with Crippen molar-refractivity contribution in [3.8, 4) is 6.07 Å². The van der Waals surface area contributed by atoms with Crippen LogP contribution in [0.5, 0.6) is 0 Å². The maximum atomic E-state index is 10.7. The van der Waals surface area contributed by atoms with Gasteiger partial charge in [-0.05, 0) is 18.4 Å². The predicted molar refractivity (Wildman–Crippen MR) is 48.4 cm³/mol. The van der Waals surface area contributed by atoms with Crippen LogP contribution in [0.2, 0.25) is 0 Å². The smallest absolute Gasteiger partial charge is 0.150 e. The Morgan fingerprint density at radius 2 is 2.08 bits per heavy atom. The molecule has 0 spiro atoms. The minimum absolute atomic E-state index is 0.350. The molecule has 1 aromatic rings. The van der Waals surface area contributed by atoms with Crippen LogP contribution in [0.4, 0.5) is 0 Å². The lowest BCUT2D eigenvalue weighted by Crippen LogP contribution is -2.06. The molecule has 0 bridgehead atoms. The van der Waals surface area contributed by atoms with Crippen molar-refractivity contribution >= 4 is 6.29 Å². The summed E-state index contributed by atoms with van der Waals surface area (Å²) in [6, 6.07) is 9.62. The molecule has 0 heterocycles. The first-order valence-electron chi connectivity index (χ1n) is 4.28. The van der Waals surface area contributed by atoms with Gasteiger partial charge in [-0.15, -0.1) is 0 Å². The maximum Gasteiger partial charge on any atom is 0.150 e. The van der Waals surface area contributed by atoms with Gasteiger partial charge in [0.25, 0.3) is 0 Å². The zero-order valence-corrected chi connectivity index (χ0v) is 7.16. The van der Waals surface area contributed by atoms with E-state index in [1.165, 1.54) is 0 Å². The van der Waals surface area contributed by atoms with Gasteiger partial charge in [-0.3, -0.25) is 4.79 Å². The zero-order chi connectivity index (χ0) is 9.31. The number of rotatable bonds is 2. The van der Waals surface area contributed by atoms with Crippen molar-refractivity contribution in [2.75, 3.05) is 0 Å². The molecule has 1 aliphatic rings. The number of nitriles is 1. The van der Waals surface area contributed by atoms with Gasteiger partial charge < -0.3 is 0 Å². The van der Waals surface area contributed by atoms with Crippen LogP contribution in [0.1, 0.15) is 28.8 Å². The lowest BCUT2D eigenvalue weighted by Gasteiger charge is -2.07. The van der Waals surface area contributed by atoms with E-state index in [9.17, 15) is 4.79 Å². The Balaban J connectivity index is 2.52. The second-order valence-corrected chi connectivity index (χ2v) is 3.40. The number of aldehydes is 1. The third-order valence-electron chi connectivity index (χ3n) is 2.57. The Labute approximate surface area is 76.8 Å². The van der Waals surface area contributed by atoms with E-state index in [2.05, 4.69) is 6.07 Å². The van der Waals surface area contributed by atoms with E-state index in [4.69, 9.17) is 5.26 Å². The minimum atomic E-state index is -0.350. The second-order valence-electron chi connectivity index (χ2n) is 3.40. The summed E-state index contributed by atoms with van der Waals surface area (Å²) >= 11 is 0. The standard InChI is InChI=1S/C11H9NO/c12-8-11(5-6-11)10-4-2-1-3-9(10)7-13/h1-4,7H,5-6H2. The van der Waals surface area contributed by atoms with E-state index in [1.54, 1.807) is 6.07 Å². The second kappa shape index (κ2) is 2.70. The minimum Gasteiger partial charge on any atom is -0.298 e. The largest absolute Gasteiger partial charge is 0.298 e. The third kappa shape index (κ3) is 1.13. The Morgan fingerprint density at radius 1 is 1.38 bits per heavy atom. The van der Waals surface area contributed by atoms with Gasteiger partial charge in [0, 0.05) is 5.56 Å². The molecule has 0 aromatic heterocycles. The zero-order valence-electron chi connectivity index (χ0n) is 7.16. The molecule has 64 valence electrons. The summed E-state index contributed by atoms with van der Waals surface area (Å²) in [4.78, 5) is 10.7. The molecule has 0 unspecified atom stereocenters. The van der Waals surface area contributed by atoms with Crippen LogP contribution in [-0.2, 0) is 5.41 Å². The molecule has 2 heteroatoms. The molecule has 2 rings (SSSR count). The number of benzene rings is 1. The summed E-state index contributed by atoms with van der Waals surface area (Å²) in [5.74, 6) is 0. The highest BCUT2D eigenvalue weighted by molar-refractivity contribution is 5.79. The average molecular weight is 171 g/mol. The highest BCUT2D eigenvalue weighted by atomic mass is 16.1. The quantitative estimate of drug-likeness (QED) is 0.639. The molecule has 0 amide bonds. The van der Waals surface area contributed by atoms with Crippen LogP contribution in [0.3, 0.4) is 0 Å². The summed E-state index contributed by atoms with van der Waals surface area (Å²) in [5, 5.41) is 8.96. The van der Waals surface area contributed by atoms with Gasteiger partial charge in [0.1, 0.15) is 6.29 Å². The van der Waals surface area contributed by atoms with E-state index in [0.29, 0.717) is 5.56 Å². The molecule has 1 fully saturated rings. The SMILES string of the molecule is N#CC1(c2ccccc2C=O)CC1. The van der Waals surface area contributed by atoms with Crippen molar-refractivity contribution < 1.29 is 4.79 Å². The van der Waals surface area contributed by atoms with Crippen molar-refractivity contribution in [3.05, 3.63) is 35.4 Å². The van der Waals surface area contributed by atoms with E-state index < -0.39 is 0 Å². The van der Waals surface area contributed by atoms with Crippen LogP contribution in [0, 0.1) is 11.3 Å². The van der Waals surface area contributed by atoms with E-state index in [-0.39, 0.29) is 5.41 Å². The molecule has 1 aliphatic carbocycles. The van der Waals surface area contributed by atoms with Crippen LogP contribution >= 0.6 is 0 Å². The van der Waals surface area contributed by atoms with E-state index in [0.717, 1.165) is 24.7 Å². The monoisotopic (exact) mass is 171 g/mol. The van der Waals surface area contributed by atoms with Crippen LogP contribution in [-0.4, -0.2) is 6.29 Å². The molecular formula is C11H9NO. The predicted octanol–water partition coefficient (Wildman–Crippen LogP) is 2.05. The van der Waals surface area contributed by atoms with Gasteiger partial charge >= 0.3 is 0 Å². The molecule has 1 aromatic carbocycles. The van der Waals surface area contributed by atoms with Crippen LogP contribution < -0.4 is 0 Å². The normalized spacial score (nSPS) is 17.5. The summed E-state index contributed by atoms with van der Waals surface area (Å²) < 4.78 is 0. The number of nitrogens with zero attached hydrogens (tertiary/aromatic N) is 1. The fraction of sp³-hybridized carbons (Fsp3) is 0.273. The molecule has 13 heavy (non-hydrogen) atoms. The fourth-order valence-corrected chi connectivity index (χ4v) is 1.60. The van der Waals surface area contributed by atoms with Crippen LogP contribution in [0.15, 0.2) is 24.3 Å². The van der Waals surface area contributed by atoms with Crippen molar-refractivity contribution in [3.63, 3.8) is 0 Å². The maximum absolute atomic E-state index is 10.7. The highest BCUT2D eigenvalue weighted by Gasteiger charge is 2.45. The molecule has 2 nitrogen and oxygen atoms in total. The summed E-state index contributed by atoms with van der Waals surface area (Å²) in [6.45, 7) is 0. The molecule has 0 radical (unpaired) electrons. The van der Waals surface area contributed by atoms with Gasteiger partial charge in [-0.1, -0.05) is 24.3 Å². The summed E-state index contributed by atoms with van der Waals surface area (Å²) in [7, 11) is 0. The van der Waals surface area contributed by atoms with Gasteiger partial charge in [0.15, 0.2) is 0 Å². The Morgan fingerprint density at radius 3 is 2.62 bits per heavy atom. The lowest BCUT2D eigenvalue weighted by molar-refractivity contribution is 0.112. The first-order valence-corrected chi connectivity index (χ1v) is 4.28. The van der Waals surface area contributed by atoms with Gasteiger partial charge in [-0.25, -0.2) is 0 Å². The Kier molecular flexibility index (Phi) is 1.66. The summed E-state index contributed by atoms with van der Waals surface area (Å²) in [6.07, 6.45) is 2.59. The third-order valence-corrected chi connectivity index (χ3v) is 2.57. The van der Waals surface area contributed by atoms with Crippen LogP contribution in [0.25, 0.3) is 0 Å². The number of hydrogen-bond acceptors (Lipinski definition) is 2. The molecule has 0 N–H and O–H groups in total. The molecule has 0 aliphatic heterocycles. The molecular weight excluding hydrogens is 162 g/mol. The first kappa shape index (κ1) is 8.00. The fourth-order valence-electron chi connectivity index (χ4n) is 1.60.